The van der Waals surface area contributed by atoms with E-state index < -0.39 is 6.10 Å². The van der Waals surface area contributed by atoms with Crippen LogP contribution in [-0.4, -0.2) is 78.4 Å². The standard InChI is InChI=1S/C20H29N3O3/c1-17(26-18-8-4-2-5-9-18)20(25)23-14-12-21(13-15-23)16-19(24)22-10-6-3-7-11-22/h2,4-5,8-9,17H,3,6-7,10-16H2,1H3. The average molecular weight is 359 g/mol. The second-order valence-electron chi connectivity index (χ2n) is 7.12. The Bertz CT molecular complexity index is 594. The number of likely N-dealkylation sites (tertiary alicyclic amines) is 1. The van der Waals surface area contributed by atoms with Crippen molar-refractivity contribution in [2.75, 3.05) is 45.8 Å². The topological polar surface area (TPSA) is 53.1 Å². The largest absolute Gasteiger partial charge is 0.481 e. The Morgan fingerprint density at radius 3 is 2.23 bits per heavy atom. The van der Waals surface area contributed by atoms with Crippen molar-refractivity contribution in [3.63, 3.8) is 0 Å². The van der Waals surface area contributed by atoms with Crippen molar-refractivity contribution in [3.05, 3.63) is 30.3 Å². The highest BCUT2D eigenvalue weighted by Crippen LogP contribution is 2.14. The highest BCUT2D eigenvalue weighted by Gasteiger charge is 2.27. The minimum atomic E-state index is -0.501. The summed E-state index contributed by atoms with van der Waals surface area (Å²) in [7, 11) is 0. The summed E-state index contributed by atoms with van der Waals surface area (Å²) in [6.45, 7) is 6.83. The minimum Gasteiger partial charge on any atom is -0.481 e. The first-order chi connectivity index (χ1) is 12.6. The summed E-state index contributed by atoms with van der Waals surface area (Å²) < 4.78 is 5.73. The Kier molecular flexibility index (Phi) is 6.50. The molecule has 1 aromatic rings. The molecule has 1 unspecified atom stereocenters. The smallest absolute Gasteiger partial charge is 0.263 e. The van der Waals surface area contributed by atoms with Gasteiger partial charge < -0.3 is 14.5 Å². The Morgan fingerprint density at radius 1 is 0.923 bits per heavy atom. The summed E-state index contributed by atoms with van der Waals surface area (Å²) in [4.78, 5) is 30.9. The lowest BCUT2D eigenvalue weighted by Gasteiger charge is -2.36. The summed E-state index contributed by atoms with van der Waals surface area (Å²) in [5, 5.41) is 0. The predicted molar refractivity (Wildman–Crippen MR) is 100.0 cm³/mol. The number of piperidine rings is 1. The van der Waals surface area contributed by atoms with Crippen molar-refractivity contribution in [3.8, 4) is 5.75 Å². The van der Waals surface area contributed by atoms with E-state index in [4.69, 9.17) is 4.74 Å². The van der Waals surface area contributed by atoms with Gasteiger partial charge in [-0.3, -0.25) is 14.5 Å². The first-order valence-corrected chi connectivity index (χ1v) is 9.64. The van der Waals surface area contributed by atoms with Crippen LogP contribution in [0.25, 0.3) is 0 Å². The zero-order chi connectivity index (χ0) is 18.4. The number of nitrogens with zero attached hydrogens (tertiary/aromatic N) is 3. The monoisotopic (exact) mass is 359 g/mol. The number of carbonyl (C=O) groups is 2. The van der Waals surface area contributed by atoms with Gasteiger partial charge in [-0.25, -0.2) is 0 Å². The van der Waals surface area contributed by atoms with Gasteiger partial charge in [0, 0.05) is 39.3 Å². The number of para-hydroxylation sites is 1. The van der Waals surface area contributed by atoms with Gasteiger partial charge in [-0.05, 0) is 38.3 Å². The molecule has 6 nitrogen and oxygen atoms in total. The van der Waals surface area contributed by atoms with Crippen molar-refractivity contribution in [1.29, 1.82) is 0 Å². The quantitative estimate of drug-likeness (QED) is 0.802. The van der Waals surface area contributed by atoms with Crippen LogP contribution in [0.15, 0.2) is 30.3 Å². The van der Waals surface area contributed by atoms with Crippen LogP contribution < -0.4 is 4.74 Å². The summed E-state index contributed by atoms with van der Waals surface area (Å²) in [6, 6.07) is 9.42. The number of ether oxygens (including phenoxy) is 1. The van der Waals surface area contributed by atoms with Gasteiger partial charge in [-0.15, -0.1) is 0 Å². The molecule has 0 aliphatic carbocycles. The summed E-state index contributed by atoms with van der Waals surface area (Å²) in [5.74, 6) is 0.945. The summed E-state index contributed by atoms with van der Waals surface area (Å²) in [5.41, 5.74) is 0. The zero-order valence-corrected chi connectivity index (χ0v) is 15.6. The molecule has 0 aromatic heterocycles. The second-order valence-corrected chi connectivity index (χ2v) is 7.12. The predicted octanol–water partition coefficient (Wildman–Crippen LogP) is 1.61. The van der Waals surface area contributed by atoms with Crippen LogP contribution in [0.3, 0.4) is 0 Å². The lowest BCUT2D eigenvalue weighted by molar-refractivity contribution is -0.140. The van der Waals surface area contributed by atoms with Crippen LogP contribution in [0.5, 0.6) is 5.75 Å². The van der Waals surface area contributed by atoms with Crippen LogP contribution in [0.1, 0.15) is 26.2 Å². The van der Waals surface area contributed by atoms with E-state index in [1.54, 1.807) is 6.92 Å². The summed E-state index contributed by atoms with van der Waals surface area (Å²) >= 11 is 0. The van der Waals surface area contributed by atoms with Gasteiger partial charge in [0.05, 0.1) is 6.54 Å². The zero-order valence-electron chi connectivity index (χ0n) is 15.6. The normalized spacial score (nSPS) is 19.9. The van der Waals surface area contributed by atoms with E-state index in [1.807, 2.05) is 40.1 Å². The van der Waals surface area contributed by atoms with Crippen molar-refractivity contribution >= 4 is 11.8 Å². The fourth-order valence-corrected chi connectivity index (χ4v) is 3.57. The van der Waals surface area contributed by atoms with Gasteiger partial charge in [0.2, 0.25) is 5.91 Å². The number of rotatable bonds is 5. The fraction of sp³-hybridized carbons (Fsp3) is 0.600. The van der Waals surface area contributed by atoms with E-state index in [2.05, 4.69) is 4.90 Å². The van der Waals surface area contributed by atoms with Gasteiger partial charge in [-0.1, -0.05) is 18.2 Å². The van der Waals surface area contributed by atoms with Crippen molar-refractivity contribution in [2.24, 2.45) is 0 Å². The minimum absolute atomic E-state index is 0.0101. The van der Waals surface area contributed by atoms with Gasteiger partial charge in [0.1, 0.15) is 5.75 Å². The molecule has 0 spiro atoms. The molecule has 2 heterocycles. The molecule has 1 atom stereocenters. The van der Waals surface area contributed by atoms with Crippen LogP contribution in [0, 0.1) is 0 Å². The maximum Gasteiger partial charge on any atom is 0.263 e. The van der Waals surface area contributed by atoms with Crippen molar-refractivity contribution in [2.45, 2.75) is 32.3 Å². The molecule has 0 radical (unpaired) electrons. The molecule has 0 bridgehead atoms. The van der Waals surface area contributed by atoms with E-state index in [1.165, 1.54) is 6.42 Å². The number of hydrogen-bond donors (Lipinski definition) is 0. The molecule has 0 saturated carbocycles. The van der Waals surface area contributed by atoms with Crippen molar-refractivity contribution in [1.82, 2.24) is 14.7 Å². The third-order valence-corrected chi connectivity index (χ3v) is 5.16. The maximum absolute atomic E-state index is 12.6. The van der Waals surface area contributed by atoms with E-state index in [-0.39, 0.29) is 11.8 Å². The first-order valence-electron chi connectivity index (χ1n) is 9.64. The Morgan fingerprint density at radius 2 is 1.58 bits per heavy atom. The lowest BCUT2D eigenvalue weighted by Crippen LogP contribution is -2.54. The van der Waals surface area contributed by atoms with E-state index in [0.29, 0.717) is 25.4 Å². The van der Waals surface area contributed by atoms with Gasteiger partial charge >= 0.3 is 0 Å². The molecule has 2 aliphatic heterocycles. The molecular weight excluding hydrogens is 330 g/mol. The number of carbonyl (C=O) groups excluding carboxylic acids is 2. The van der Waals surface area contributed by atoms with Crippen LogP contribution in [-0.2, 0) is 9.59 Å². The Labute approximate surface area is 155 Å². The number of hydrogen-bond acceptors (Lipinski definition) is 4. The van der Waals surface area contributed by atoms with E-state index in [0.717, 1.165) is 39.0 Å². The highest BCUT2D eigenvalue weighted by molar-refractivity contribution is 5.81. The van der Waals surface area contributed by atoms with E-state index in [9.17, 15) is 9.59 Å². The highest BCUT2D eigenvalue weighted by atomic mass is 16.5. The molecular formula is C20H29N3O3. The van der Waals surface area contributed by atoms with Crippen LogP contribution >= 0.6 is 0 Å². The molecule has 0 N–H and O–H groups in total. The third-order valence-electron chi connectivity index (χ3n) is 5.16. The van der Waals surface area contributed by atoms with Gasteiger partial charge in [-0.2, -0.15) is 0 Å². The Hall–Kier alpha value is -2.08. The van der Waals surface area contributed by atoms with Gasteiger partial charge in [0.15, 0.2) is 6.10 Å². The average Bonchev–Trinajstić information content (AvgIpc) is 2.69. The van der Waals surface area contributed by atoms with Crippen LogP contribution in [0.4, 0.5) is 0 Å². The lowest BCUT2D eigenvalue weighted by atomic mass is 10.1. The van der Waals surface area contributed by atoms with Crippen LogP contribution in [0.2, 0.25) is 0 Å². The molecule has 2 aliphatic rings. The number of amides is 2. The first kappa shape index (κ1) is 18.7. The number of piperazine rings is 1. The Balaban J connectivity index is 1.42. The molecule has 26 heavy (non-hydrogen) atoms. The SMILES string of the molecule is CC(Oc1ccccc1)C(=O)N1CCN(CC(=O)N2CCCCC2)CC1. The molecule has 6 heteroatoms. The summed E-state index contributed by atoms with van der Waals surface area (Å²) in [6.07, 6.45) is 2.97. The fourth-order valence-electron chi connectivity index (χ4n) is 3.57. The molecule has 142 valence electrons. The number of benzene rings is 1. The molecule has 2 saturated heterocycles. The molecule has 2 fully saturated rings. The third kappa shape index (κ3) is 4.97. The van der Waals surface area contributed by atoms with Crippen molar-refractivity contribution < 1.29 is 14.3 Å². The molecule has 2 amide bonds. The van der Waals surface area contributed by atoms with Gasteiger partial charge in [0.25, 0.3) is 5.91 Å². The molecule has 1 aromatic carbocycles. The van der Waals surface area contributed by atoms with E-state index >= 15 is 0 Å². The second kappa shape index (κ2) is 9.03. The maximum atomic E-state index is 12.6. The molecule has 3 rings (SSSR count).